The first kappa shape index (κ1) is 13.8. The summed E-state index contributed by atoms with van der Waals surface area (Å²) in [7, 11) is 5.04. The molecule has 2 N–H and O–H groups in total. The minimum absolute atomic E-state index is 0.492. The number of nitrogens with one attached hydrogen (secondary N) is 1. The Hall–Kier alpha value is -1.26. The predicted octanol–water partition coefficient (Wildman–Crippen LogP) is 1.52. The molecular weight excluding hydrogens is 218 g/mol. The molecule has 17 heavy (non-hydrogen) atoms. The van der Waals surface area contributed by atoms with Crippen LogP contribution in [0.2, 0.25) is 0 Å². The predicted molar refractivity (Wildman–Crippen MR) is 67.8 cm³/mol. The number of aliphatic hydroxyl groups excluding tert-OH is 1. The number of likely N-dealkylation sites (N-methyl/N-ethyl adjacent to an activating group) is 1. The van der Waals surface area contributed by atoms with Crippen LogP contribution in [-0.4, -0.2) is 32.9 Å². The number of ether oxygens (including phenoxy) is 2. The molecule has 0 aliphatic carbocycles. The Balaban J connectivity index is 3.18. The summed E-state index contributed by atoms with van der Waals surface area (Å²) in [4.78, 5) is 0. The minimum Gasteiger partial charge on any atom is -0.496 e. The van der Waals surface area contributed by atoms with Crippen molar-refractivity contribution in [2.45, 2.75) is 19.4 Å². The average Bonchev–Trinajstić information content (AvgIpc) is 2.37. The maximum atomic E-state index is 10.0. The molecule has 1 rings (SSSR count). The Bertz CT molecular complexity index is 366. The first-order valence-electron chi connectivity index (χ1n) is 5.75. The van der Waals surface area contributed by atoms with E-state index in [1.54, 1.807) is 21.3 Å². The van der Waals surface area contributed by atoms with Crippen molar-refractivity contribution in [3.8, 4) is 11.5 Å². The van der Waals surface area contributed by atoms with E-state index in [-0.39, 0.29) is 0 Å². The van der Waals surface area contributed by atoms with E-state index < -0.39 is 6.10 Å². The molecule has 0 bridgehead atoms. The van der Waals surface area contributed by atoms with Crippen LogP contribution in [0.5, 0.6) is 11.5 Å². The average molecular weight is 239 g/mol. The third kappa shape index (κ3) is 3.11. The SMILES string of the molecule is CCc1cc(C(O)CNC)c(OC)cc1OC. The maximum absolute atomic E-state index is 10.0. The monoisotopic (exact) mass is 239 g/mol. The van der Waals surface area contributed by atoms with Crippen molar-refractivity contribution in [1.82, 2.24) is 5.32 Å². The summed E-state index contributed by atoms with van der Waals surface area (Å²) in [5.41, 5.74) is 1.86. The second kappa shape index (κ2) is 6.47. The Labute approximate surface area is 103 Å². The molecule has 0 aliphatic heterocycles. The fourth-order valence-corrected chi connectivity index (χ4v) is 1.83. The maximum Gasteiger partial charge on any atom is 0.128 e. The lowest BCUT2D eigenvalue weighted by Gasteiger charge is -2.17. The normalized spacial score (nSPS) is 12.3. The minimum atomic E-state index is -0.578. The van der Waals surface area contributed by atoms with E-state index in [9.17, 15) is 5.11 Å². The Morgan fingerprint density at radius 2 is 1.88 bits per heavy atom. The molecule has 0 aliphatic rings. The number of hydrogen-bond acceptors (Lipinski definition) is 4. The Morgan fingerprint density at radius 1 is 1.24 bits per heavy atom. The fraction of sp³-hybridized carbons (Fsp3) is 0.538. The third-order valence-corrected chi connectivity index (χ3v) is 2.77. The van der Waals surface area contributed by atoms with Crippen LogP contribution >= 0.6 is 0 Å². The number of rotatable bonds is 6. The molecule has 0 spiro atoms. The van der Waals surface area contributed by atoms with Crippen LogP contribution in [0.15, 0.2) is 12.1 Å². The van der Waals surface area contributed by atoms with Gasteiger partial charge in [0.2, 0.25) is 0 Å². The Kier molecular flexibility index (Phi) is 5.25. The standard InChI is InChI=1S/C13H21NO3/c1-5-9-6-10(11(15)8-14-2)13(17-4)7-12(9)16-3/h6-7,11,14-15H,5,8H2,1-4H3. The van der Waals surface area contributed by atoms with Crippen LogP contribution in [0.3, 0.4) is 0 Å². The largest absolute Gasteiger partial charge is 0.496 e. The topological polar surface area (TPSA) is 50.7 Å². The van der Waals surface area contributed by atoms with Gasteiger partial charge in [0.25, 0.3) is 0 Å². The second-order valence-corrected chi connectivity index (χ2v) is 3.83. The lowest BCUT2D eigenvalue weighted by molar-refractivity contribution is 0.173. The van der Waals surface area contributed by atoms with Crippen molar-refractivity contribution in [1.29, 1.82) is 0 Å². The highest BCUT2D eigenvalue weighted by Crippen LogP contribution is 2.32. The zero-order valence-electron chi connectivity index (χ0n) is 10.9. The number of aliphatic hydroxyl groups is 1. The summed E-state index contributed by atoms with van der Waals surface area (Å²) in [5.74, 6) is 1.45. The summed E-state index contributed by atoms with van der Waals surface area (Å²) >= 11 is 0. The van der Waals surface area contributed by atoms with Gasteiger partial charge in [-0.25, -0.2) is 0 Å². The molecule has 0 amide bonds. The second-order valence-electron chi connectivity index (χ2n) is 3.83. The zero-order chi connectivity index (χ0) is 12.8. The molecule has 1 atom stereocenters. The fourth-order valence-electron chi connectivity index (χ4n) is 1.83. The summed E-state index contributed by atoms with van der Waals surface area (Å²) in [6.45, 7) is 2.55. The van der Waals surface area contributed by atoms with Crippen LogP contribution in [-0.2, 0) is 6.42 Å². The number of methoxy groups -OCH3 is 2. The van der Waals surface area contributed by atoms with Crippen LogP contribution in [0.25, 0.3) is 0 Å². The highest BCUT2D eigenvalue weighted by Gasteiger charge is 2.16. The smallest absolute Gasteiger partial charge is 0.128 e. The molecule has 0 radical (unpaired) electrons. The van der Waals surface area contributed by atoms with E-state index >= 15 is 0 Å². The number of hydrogen-bond donors (Lipinski definition) is 2. The quantitative estimate of drug-likeness (QED) is 0.790. The van der Waals surface area contributed by atoms with Crippen LogP contribution in [0.4, 0.5) is 0 Å². The van der Waals surface area contributed by atoms with E-state index in [0.29, 0.717) is 12.3 Å². The molecule has 0 saturated heterocycles. The van der Waals surface area contributed by atoms with Gasteiger partial charge in [-0.3, -0.25) is 0 Å². The lowest BCUT2D eigenvalue weighted by atomic mass is 10.0. The molecule has 0 fully saturated rings. The Morgan fingerprint density at radius 3 is 2.35 bits per heavy atom. The van der Waals surface area contributed by atoms with Crippen molar-refractivity contribution in [2.75, 3.05) is 27.8 Å². The highest BCUT2D eigenvalue weighted by atomic mass is 16.5. The van der Waals surface area contributed by atoms with Crippen LogP contribution in [0.1, 0.15) is 24.2 Å². The molecule has 1 unspecified atom stereocenters. The van der Waals surface area contributed by atoms with Gasteiger partial charge in [-0.2, -0.15) is 0 Å². The van der Waals surface area contributed by atoms with Gasteiger partial charge in [0.1, 0.15) is 11.5 Å². The van der Waals surface area contributed by atoms with E-state index in [2.05, 4.69) is 12.2 Å². The van der Waals surface area contributed by atoms with Crippen LogP contribution < -0.4 is 14.8 Å². The summed E-state index contributed by atoms with van der Waals surface area (Å²) < 4.78 is 10.6. The molecule has 0 aromatic heterocycles. The number of benzene rings is 1. The molecule has 1 aromatic carbocycles. The van der Waals surface area contributed by atoms with Gasteiger partial charge < -0.3 is 19.9 Å². The van der Waals surface area contributed by atoms with Gasteiger partial charge in [-0.05, 0) is 25.1 Å². The third-order valence-electron chi connectivity index (χ3n) is 2.77. The van der Waals surface area contributed by atoms with Gasteiger partial charge in [0, 0.05) is 18.2 Å². The summed E-state index contributed by atoms with van der Waals surface area (Å²) in [5, 5.41) is 13.0. The molecular formula is C13H21NO3. The van der Waals surface area contributed by atoms with Crippen molar-refractivity contribution in [3.05, 3.63) is 23.3 Å². The van der Waals surface area contributed by atoms with Gasteiger partial charge in [-0.1, -0.05) is 6.92 Å². The van der Waals surface area contributed by atoms with Gasteiger partial charge in [0.15, 0.2) is 0 Å². The van der Waals surface area contributed by atoms with Crippen LogP contribution in [0, 0.1) is 0 Å². The van der Waals surface area contributed by atoms with E-state index in [1.807, 2.05) is 12.1 Å². The molecule has 4 heteroatoms. The molecule has 0 heterocycles. The van der Waals surface area contributed by atoms with E-state index in [4.69, 9.17) is 9.47 Å². The van der Waals surface area contributed by atoms with Gasteiger partial charge >= 0.3 is 0 Å². The zero-order valence-corrected chi connectivity index (χ0v) is 10.9. The van der Waals surface area contributed by atoms with Gasteiger partial charge in [-0.15, -0.1) is 0 Å². The van der Waals surface area contributed by atoms with Crippen molar-refractivity contribution in [2.24, 2.45) is 0 Å². The summed E-state index contributed by atoms with van der Waals surface area (Å²) in [6, 6.07) is 3.77. The first-order chi connectivity index (χ1) is 8.17. The van der Waals surface area contributed by atoms with E-state index in [1.165, 1.54) is 0 Å². The lowest BCUT2D eigenvalue weighted by Crippen LogP contribution is -2.17. The van der Waals surface area contributed by atoms with E-state index in [0.717, 1.165) is 23.3 Å². The van der Waals surface area contributed by atoms with Crippen molar-refractivity contribution < 1.29 is 14.6 Å². The molecule has 96 valence electrons. The van der Waals surface area contributed by atoms with Crippen molar-refractivity contribution in [3.63, 3.8) is 0 Å². The van der Waals surface area contributed by atoms with Gasteiger partial charge in [0.05, 0.1) is 20.3 Å². The highest BCUT2D eigenvalue weighted by molar-refractivity contribution is 5.47. The summed E-state index contributed by atoms with van der Waals surface area (Å²) in [6.07, 6.45) is 0.276. The molecule has 0 saturated carbocycles. The number of aryl methyl sites for hydroxylation is 1. The van der Waals surface area contributed by atoms with Crippen molar-refractivity contribution >= 4 is 0 Å². The first-order valence-corrected chi connectivity index (χ1v) is 5.75. The molecule has 4 nitrogen and oxygen atoms in total. The molecule has 1 aromatic rings.